The Morgan fingerprint density at radius 2 is 1.67 bits per heavy atom. The molecule has 39 heavy (non-hydrogen) atoms. The number of rotatable bonds is 13. The monoisotopic (exact) mass is 540 g/mol. The number of aryl methyl sites for hydroxylation is 1. The van der Waals surface area contributed by atoms with Gasteiger partial charge in [0.2, 0.25) is 5.75 Å². The molecule has 2 aromatic carbocycles. The lowest BCUT2D eigenvalue weighted by Crippen LogP contribution is -2.32. The van der Waals surface area contributed by atoms with E-state index in [0.29, 0.717) is 53.7 Å². The number of carbonyl (C=O) groups excluding carboxylic acids is 2. The zero-order chi connectivity index (χ0) is 28.7. The molecule has 2 aromatic rings. The Labute approximate surface area is 230 Å². The maximum absolute atomic E-state index is 13.5. The van der Waals surface area contributed by atoms with Crippen molar-refractivity contribution in [3.05, 3.63) is 52.6 Å². The fourth-order valence-corrected chi connectivity index (χ4v) is 4.74. The predicted octanol–water partition coefficient (Wildman–Crippen LogP) is 4.57. The molecule has 1 atom stereocenters. The summed E-state index contributed by atoms with van der Waals surface area (Å²) in [5, 5.41) is 11.6. The average molecular weight is 541 g/mol. The van der Waals surface area contributed by atoms with Gasteiger partial charge in [-0.3, -0.25) is 9.59 Å². The molecule has 1 unspecified atom stereocenters. The number of ketones is 1. The van der Waals surface area contributed by atoms with Gasteiger partial charge in [-0.1, -0.05) is 13.3 Å². The Hall–Kier alpha value is -3.72. The van der Waals surface area contributed by atoms with Crippen molar-refractivity contribution in [3.63, 3.8) is 0 Å². The number of nitrogens with zero attached hydrogens (tertiary/aromatic N) is 2. The molecule has 0 spiro atoms. The van der Waals surface area contributed by atoms with Crippen molar-refractivity contribution in [2.75, 3.05) is 55.1 Å². The summed E-state index contributed by atoms with van der Waals surface area (Å²) in [4.78, 5) is 30.3. The van der Waals surface area contributed by atoms with Crippen molar-refractivity contribution in [2.24, 2.45) is 0 Å². The first kappa shape index (κ1) is 29.8. The Morgan fingerprint density at radius 3 is 2.21 bits per heavy atom. The lowest BCUT2D eigenvalue weighted by atomic mass is 9.93. The van der Waals surface area contributed by atoms with Crippen LogP contribution in [0.15, 0.2) is 35.9 Å². The predicted molar refractivity (Wildman–Crippen MR) is 150 cm³/mol. The first-order valence-corrected chi connectivity index (χ1v) is 13.1. The highest BCUT2D eigenvalue weighted by molar-refractivity contribution is 6.46. The molecule has 0 aromatic heterocycles. The van der Waals surface area contributed by atoms with E-state index >= 15 is 0 Å². The highest BCUT2D eigenvalue weighted by atomic mass is 16.5. The number of ether oxygens (including phenoxy) is 4. The van der Waals surface area contributed by atoms with Crippen LogP contribution in [0, 0.1) is 6.92 Å². The Balaban J connectivity index is 2.16. The Kier molecular flexibility index (Phi) is 10.2. The number of hydrogen-bond acceptors (Lipinski definition) is 8. The van der Waals surface area contributed by atoms with Crippen molar-refractivity contribution in [1.29, 1.82) is 0 Å². The maximum Gasteiger partial charge on any atom is 0.295 e. The van der Waals surface area contributed by atoms with Crippen molar-refractivity contribution in [1.82, 2.24) is 9.80 Å². The molecule has 0 saturated carbocycles. The second kappa shape index (κ2) is 13.4. The average Bonchev–Trinajstić information content (AvgIpc) is 3.17. The van der Waals surface area contributed by atoms with E-state index < -0.39 is 17.7 Å². The van der Waals surface area contributed by atoms with Crippen LogP contribution in [0.2, 0.25) is 0 Å². The van der Waals surface area contributed by atoms with Gasteiger partial charge in [0.1, 0.15) is 11.5 Å². The smallest absolute Gasteiger partial charge is 0.295 e. The largest absolute Gasteiger partial charge is 0.507 e. The zero-order valence-corrected chi connectivity index (χ0v) is 24.0. The van der Waals surface area contributed by atoms with Crippen molar-refractivity contribution >= 4 is 17.4 Å². The fraction of sp³-hybridized carbons (Fsp3) is 0.467. The molecule has 1 saturated heterocycles. The van der Waals surface area contributed by atoms with Gasteiger partial charge in [0.05, 0.1) is 39.6 Å². The van der Waals surface area contributed by atoms with Gasteiger partial charge in [0, 0.05) is 12.1 Å². The summed E-state index contributed by atoms with van der Waals surface area (Å²) in [7, 11) is 8.41. The third-order valence-corrected chi connectivity index (χ3v) is 6.77. The van der Waals surface area contributed by atoms with E-state index in [0.717, 1.165) is 24.9 Å². The fourth-order valence-electron chi connectivity index (χ4n) is 4.74. The first-order chi connectivity index (χ1) is 18.7. The number of likely N-dealkylation sites (tertiary alicyclic amines) is 1. The number of hydrogen-bond donors (Lipinski definition) is 1. The molecule has 9 nitrogen and oxygen atoms in total. The van der Waals surface area contributed by atoms with E-state index in [1.807, 2.05) is 32.0 Å². The summed E-state index contributed by atoms with van der Waals surface area (Å²) in [6, 6.07) is 7.88. The third-order valence-electron chi connectivity index (χ3n) is 6.77. The van der Waals surface area contributed by atoms with Gasteiger partial charge in [-0.2, -0.15) is 0 Å². The van der Waals surface area contributed by atoms with Gasteiger partial charge in [0.25, 0.3) is 11.7 Å². The Morgan fingerprint density at radius 1 is 1.00 bits per heavy atom. The molecular formula is C30H40N2O7. The lowest BCUT2D eigenvalue weighted by molar-refractivity contribution is -0.139. The molecule has 1 fully saturated rings. The lowest BCUT2D eigenvalue weighted by Gasteiger charge is -2.27. The molecule has 1 aliphatic rings. The van der Waals surface area contributed by atoms with Crippen LogP contribution < -0.4 is 18.9 Å². The molecular weight excluding hydrogens is 500 g/mol. The van der Waals surface area contributed by atoms with E-state index in [-0.39, 0.29) is 11.3 Å². The van der Waals surface area contributed by atoms with Crippen LogP contribution in [0.5, 0.6) is 23.0 Å². The van der Waals surface area contributed by atoms with Gasteiger partial charge < -0.3 is 33.9 Å². The molecule has 212 valence electrons. The summed E-state index contributed by atoms with van der Waals surface area (Å²) >= 11 is 0. The number of unbranched alkanes of at least 4 members (excludes halogenated alkanes) is 1. The standard InChI is InChI=1S/C30H40N2O7/c1-8-9-15-39-21-11-12-22(19(2)16-21)27(33)25-26(32(30(35)28(25)34)14-10-13-31(3)4)20-17-23(36-5)29(38-7)24(18-20)37-6/h11-12,16-18,26,33H,8-10,13-15H2,1-7H3/b27-25+. The second-order valence-corrected chi connectivity index (χ2v) is 9.79. The van der Waals surface area contributed by atoms with Crippen LogP contribution in [0.4, 0.5) is 0 Å². The molecule has 3 rings (SSSR count). The van der Waals surface area contributed by atoms with Crippen molar-refractivity contribution < 1.29 is 33.6 Å². The molecule has 1 heterocycles. The van der Waals surface area contributed by atoms with E-state index in [2.05, 4.69) is 6.92 Å². The Bertz CT molecular complexity index is 1200. The van der Waals surface area contributed by atoms with Gasteiger partial charge in [-0.15, -0.1) is 0 Å². The van der Waals surface area contributed by atoms with E-state index in [1.54, 1.807) is 24.3 Å². The molecule has 9 heteroatoms. The number of amides is 1. The van der Waals surface area contributed by atoms with Crippen LogP contribution in [0.25, 0.3) is 5.76 Å². The van der Waals surface area contributed by atoms with E-state index in [4.69, 9.17) is 18.9 Å². The van der Waals surface area contributed by atoms with Crippen LogP contribution in [0.1, 0.15) is 48.9 Å². The molecule has 0 aliphatic carbocycles. The van der Waals surface area contributed by atoms with Crippen molar-refractivity contribution in [3.8, 4) is 23.0 Å². The quantitative estimate of drug-likeness (QED) is 0.171. The highest BCUT2D eigenvalue weighted by Crippen LogP contribution is 2.46. The zero-order valence-electron chi connectivity index (χ0n) is 24.0. The molecule has 0 radical (unpaired) electrons. The highest BCUT2D eigenvalue weighted by Gasteiger charge is 2.46. The number of aliphatic hydroxyl groups is 1. The summed E-state index contributed by atoms with van der Waals surface area (Å²) in [5.41, 5.74) is 1.76. The minimum atomic E-state index is -0.847. The summed E-state index contributed by atoms with van der Waals surface area (Å²) in [6.45, 7) is 5.58. The number of benzene rings is 2. The number of aliphatic hydroxyl groups excluding tert-OH is 1. The van der Waals surface area contributed by atoms with Crippen LogP contribution in [-0.4, -0.2) is 81.7 Å². The van der Waals surface area contributed by atoms with E-state index in [1.165, 1.54) is 26.2 Å². The summed E-state index contributed by atoms with van der Waals surface area (Å²) < 4.78 is 22.3. The van der Waals surface area contributed by atoms with Gasteiger partial charge in [0.15, 0.2) is 11.5 Å². The maximum atomic E-state index is 13.5. The van der Waals surface area contributed by atoms with Crippen LogP contribution in [0.3, 0.4) is 0 Å². The summed E-state index contributed by atoms with van der Waals surface area (Å²) in [5.74, 6) is 0.210. The minimum absolute atomic E-state index is 0.0156. The molecule has 1 N–H and O–H groups in total. The second-order valence-electron chi connectivity index (χ2n) is 9.79. The first-order valence-electron chi connectivity index (χ1n) is 13.1. The third kappa shape index (κ3) is 6.47. The van der Waals surface area contributed by atoms with Gasteiger partial charge in [-0.05, 0) is 81.9 Å². The van der Waals surface area contributed by atoms with Crippen molar-refractivity contribution in [2.45, 2.75) is 39.2 Å². The van der Waals surface area contributed by atoms with Gasteiger partial charge in [-0.25, -0.2) is 0 Å². The topological polar surface area (TPSA) is 97.8 Å². The molecule has 1 amide bonds. The number of carbonyl (C=O) groups is 2. The van der Waals surface area contributed by atoms with Crippen LogP contribution >= 0.6 is 0 Å². The van der Waals surface area contributed by atoms with E-state index in [9.17, 15) is 14.7 Å². The normalized spacial score (nSPS) is 16.6. The molecule has 0 bridgehead atoms. The SMILES string of the molecule is CCCCOc1ccc(/C(O)=C2\C(=O)C(=O)N(CCCN(C)C)C2c2cc(OC)c(OC)c(OC)c2)c(C)c1. The van der Waals surface area contributed by atoms with Crippen LogP contribution in [-0.2, 0) is 9.59 Å². The minimum Gasteiger partial charge on any atom is -0.507 e. The summed E-state index contributed by atoms with van der Waals surface area (Å²) in [6.07, 6.45) is 2.60. The van der Waals surface area contributed by atoms with Gasteiger partial charge >= 0.3 is 0 Å². The number of methoxy groups -OCH3 is 3. The number of Topliss-reactive ketones (excluding diaryl/α,β-unsaturated/α-hetero) is 1. The molecule has 1 aliphatic heterocycles.